The molecule has 0 heterocycles. The Kier molecular flexibility index (Phi) is 14.4. The van der Waals surface area contributed by atoms with E-state index in [1.807, 2.05) is 13.8 Å². The summed E-state index contributed by atoms with van der Waals surface area (Å²) in [6.07, 6.45) is 0.693. The fourth-order valence-corrected chi connectivity index (χ4v) is 2.84. The van der Waals surface area contributed by atoms with Gasteiger partial charge in [0.1, 0.15) is 0 Å². The molecule has 0 bridgehead atoms. The van der Waals surface area contributed by atoms with Gasteiger partial charge in [0.2, 0.25) is 11.8 Å². The topological polar surface area (TPSA) is 209 Å². The number of nitrogens with two attached hydrogens (primary N) is 2. The van der Waals surface area contributed by atoms with Crippen LogP contribution in [0.2, 0.25) is 0 Å². The Hall–Kier alpha value is -2.28. The molecule has 12 nitrogen and oxygen atoms in total. The third kappa shape index (κ3) is 14.7. The molecule has 0 saturated heterocycles. The van der Waals surface area contributed by atoms with Crippen LogP contribution in [0.4, 0.5) is 0 Å². The second-order valence-electron chi connectivity index (χ2n) is 8.47. The van der Waals surface area contributed by atoms with Gasteiger partial charge in [-0.3, -0.25) is 19.2 Å². The molecule has 12 heteroatoms. The van der Waals surface area contributed by atoms with E-state index in [9.17, 15) is 19.2 Å². The standard InChI is InChI=1S/C20H40N6O6/c1-19(11-21,25-15(27)5-3-7-17(29)30)13-23-9-10-24-14-20(2,12-22)26-16(28)6-4-8-18(31)32/h23-24H,3-14,21-22H2,1-2H3,(H,25,27)(H,26,28)(H,29,30)(H,31,32)/t19-,20?/m1/s1. The van der Waals surface area contributed by atoms with Crippen molar-refractivity contribution in [1.82, 2.24) is 21.3 Å². The number of hydrogen-bond acceptors (Lipinski definition) is 8. The van der Waals surface area contributed by atoms with E-state index < -0.39 is 23.0 Å². The highest BCUT2D eigenvalue weighted by molar-refractivity contribution is 5.78. The van der Waals surface area contributed by atoms with E-state index in [2.05, 4.69) is 21.3 Å². The Morgan fingerprint density at radius 1 is 0.688 bits per heavy atom. The number of rotatable bonds is 19. The van der Waals surface area contributed by atoms with Crippen molar-refractivity contribution in [2.45, 2.75) is 63.5 Å². The minimum atomic E-state index is -0.933. The van der Waals surface area contributed by atoms with Crippen LogP contribution in [-0.4, -0.2) is 84.3 Å². The Balaban J connectivity index is 4.21. The molecule has 2 atom stereocenters. The van der Waals surface area contributed by atoms with Crippen molar-refractivity contribution in [3.8, 4) is 0 Å². The molecule has 186 valence electrons. The van der Waals surface area contributed by atoms with Crippen LogP contribution in [0.3, 0.4) is 0 Å². The maximum atomic E-state index is 12.0. The first-order valence-electron chi connectivity index (χ1n) is 10.8. The molecular weight excluding hydrogens is 420 g/mol. The summed E-state index contributed by atoms with van der Waals surface area (Å²) in [6.45, 7) is 6.10. The first kappa shape index (κ1) is 29.7. The van der Waals surface area contributed by atoms with Crippen molar-refractivity contribution >= 4 is 23.8 Å². The second kappa shape index (κ2) is 15.5. The predicted octanol–water partition coefficient (Wildman–Crippen LogP) is -1.66. The first-order valence-corrected chi connectivity index (χ1v) is 10.8. The summed E-state index contributed by atoms with van der Waals surface area (Å²) in [5, 5.41) is 29.4. The number of amides is 2. The first-order chi connectivity index (χ1) is 14.9. The SMILES string of the molecule is CC(CN)(CNCCNC[C@@](C)(CN)NC(=O)CCCC(=O)O)NC(=O)CCCC(=O)O. The normalized spacial score (nSPS) is 14.8. The van der Waals surface area contributed by atoms with Gasteiger partial charge in [-0.2, -0.15) is 0 Å². The molecule has 32 heavy (non-hydrogen) atoms. The van der Waals surface area contributed by atoms with Crippen LogP contribution in [0.5, 0.6) is 0 Å². The van der Waals surface area contributed by atoms with Gasteiger partial charge in [-0.15, -0.1) is 0 Å². The van der Waals surface area contributed by atoms with Gasteiger partial charge in [0.15, 0.2) is 0 Å². The van der Waals surface area contributed by atoms with Crippen molar-refractivity contribution in [3.63, 3.8) is 0 Å². The van der Waals surface area contributed by atoms with Gasteiger partial charge in [-0.05, 0) is 26.7 Å². The monoisotopic (exact) mass is 460 g/mol. The minimum Gasteiger partial charge on any atom is -0.481 e. The maximum absolute atomic E-state index is 12.0. The lowest BCUT2D eigenvalue weighted by atomic mass is 10.0. The molecule has 0 radical (unpaired) electrons. The van der Waals surface area contributed by atoms with Gasteiger partial charge in [-0.25, -0.2) is 0 Å². The summed E-state index contributed by atoms with van der Waals surface area (Å²) in [7, 11) is 0. The number of aliphatic carboxylic acids is 2. The zero-order valence-electron chi connectivity index (χ0n) is 19.2. The molecule has 1 unspecified atom stereocenters. The molecule has 0 aromatic carbocycles. The van der Waals surface area contributed by atoms with Gasteiger partial charge in [0, 0.05) is 65.0 Å². The molecule has 10 N–H and O–H groups in total. The molecule has 0 rings (SSSR count). The van der Waals surface area contributed by atoms with Crippen LogP contribution >= 0.6 is 0 Å². The van der Waals surface area contributed by atoms with Crippen LogP contribution in [0, 0.1) is 0 Å². The highest BCUT2D eigenvalue weighted by atomic mass is 16.4. The number of carbonyl (C=O) groups is 4. The van der Waals surface area contributed by atoms with E-state index in [1.54, 1.807) is 0 Å². The average Bonchev–Trinajstić information content (AvgIpc) is 2.70. The fourth-order valence-electron chi connectivity index (χ4n) is 2.84. The van der Waals surface area contributed by atoms with E-state index >= 15 is 0 Å². The predicted molar refractivity (Wildman–Crippen MR) is 120 cm³/mol. The summed E-state index contributed by atoms with van der Waals surface area (Å²) < 4.78 is 0. The molecule has 0 fully saturated rings. The number of nitrogens with one attached hydrogen (secondary N) is 4. The van der Waals surface area contributed by atoms with E-state index in [1.165, 1.54) is 0 Å². The Morgan fingerprint density at radius 3 is 1.31 bits per heavy atom. The van der Waals surface area contributed by atoms with Crippen molar-refractivity contribution < 1.29 is 29.4 Å². The number of hydrogen-bond donors (Lipinski definition) is 8. The third-order valence-corrected chi connectivity index (χ3v) is 4.88. The molecule has 2 amide bonds. The average molecular weight is 461 g/mol. The Bertz CT molecular complexity index is 567. The van der Waals surface area contributed by atoms with Crippen LogP contribution < -0.4 is 32.7 Å². The highest BCUT2D eigenvalue weighted by Crippen LogP contribution is 2.04. The molecule has 0 aromatic rings. The maximum Gasteiger partial charge on any atom is 0.303 e. The summed E-state index contributed by atoms with van der Waals surface area (Å²) >= 11 is 0. The third-order valence-electron chi connectivity index (χ3n) is 4.88. The van der Waals surface area contributed by atoms with Gasteiger partial charge >= 0.3 is 11.9 Å². The largest absolute Gasteiger partial charge is 0.481 e. The molecule has 0 aliphatic rings. The smallest absolute Gasteiger partial charge is 0.303 e. The van der Waals surface area contributed by atoms with Gasteiger partial charge < -0.3 is 42.9 Å². The van der Waals surface area contributed by atoms with Crippen molar-refractivity contribution in [1.29, 1.82) is 0 Å². The zero-order valence-corrected chi connectivity index (χ0v) is 19.2. The van der Waals surface area contributed by atoms with Gasteiger partial charge in [-0.1, -0.05) is 0 Å². The van der Waals surface area contributed by atoms with Crippen molar-refractivity contribution in [2.75, 3.05) is 39.3 Å². The Morgan fingerprint density at radius 2 is 1.03 bits per heavy atom. The number of carboxylic acid groups (broad SMARTS) is 2. The minimum absolute atomic E-state index is 0.0544. The van der Waals surface area contributed by atoms with Crippen molar-refractivity contribution in [2.24, 2.45) is 11.5 Å². The molecule has 0 aliphatic heterocycles. The van der Waals surface area contributed by atoms with E-state index in [-0.39, 0.29) is 63.4 Å². The highest BCUT2D eigenvalue weighted by Gasteiger charge is 2.25. The van der Waals surface area contributed by atoms with Crippen LogP contribution in [0.15, 0.2) is 0 Å². The zero-order chi connectivity index (χ0) is 24.6. The molecule has 0 saturated carbocycles. The summed E-state index contributed by atoms with van der Waals surface area (Å²) in [5.41, 5.74) is 10.3. The quantitative estimate of drug-likeness (QED) is 0.103. The summed E-state index contributed by atoms with van der Waals surface area (Å²) in [4.78, 5) is 45.0. The number of carboxylic acids is 2. The van der Waals surface area contributed by atoms with Crippen molar-refractivity contribution in [3.05, 3.63) is 0 Å². The lowest BCUT2D eigenvalue weighted by molar-refractivity contribution is -0.138. The van der Waals surface area contributed by atoms with Gasteiger partial charge in [0.05, 0.1) is 11.1 Å². The van der Waals surface area contributed by atoms with Crippen LogP contribution in [-0.2, 0) is 19.2 Å². The molecule has 0 aromatic heterocycles. The molecular formula is C20H40N6O6. The summed E-state index contributed by atoms with van der Waals surface area (Å²) in [6, 6.07) is 0. The molecule has 0 spiro atoms. The fraction of sp³-hybridized carbons (Fsp3) is 0.800. The lowest BCUT2D eigenvalue weighted by Gasteiger charge is -2.31. The second-order valence-corrected chi connectivity index (χ2v) is 8.47. The van der Waals surface area contributed by atoms with E-state index in [4.69, 9.17) is 21.7 Å². The van der Waals surface area contributed by atoms with E-state index in [0.29, 0.717) is 26.2 Å². The Labute approximate surface area is 189 Å². The summed E-state index contributed by atoms with van der Waals surface area (Å²) in [5.74, 6) is -2.34. The van der Waals surface area contributed by atoms with Crippen LogP contribution in [0.25, 0.3) is 0 Å². The number of carbonyl (C=O) groups excluding carboxylic acids is 2. The van der Waals surface area contributed by atoms with Crippen LogP contribution in [0.1, 0.15) is 52.4 Å². The van der Waals surface area contributed by atoms with E-state index in [0.717, 1.165) is 0 Å². The lowest BCUT2D eigenvalue weighted by Crippen LogP contribution is -2.59. The van der Waals surface area contributed by atoms with Gasteiger partial charge in [0.25, 0.3) is 0 Å². The molecule has 0 aliphatic carbocycles.